The normalized spacial score (nSPS) is 23.3. The van der Waals surface area contributed by atoms with Crippen molar-refractivity contribution in [1.82, 2.24) is 4.90 Å². The van der Waals surface area contributed by atoms with Crippen LogP contribution in [0.25, 0.3) is 0 Å². The zero-order valence-electron chi connectivity index (χ0n) is 14.0. The Bertz CT molecular complexity index is 730. The minimum absolute atomic E-state index is 0.217. The number of benzene rings is 1. The summed E-state index contributed by atoms with van der Waals surface area (Å²) >= 11 is 5.91. The zero-order chi connectivity index (χ0) is 18.2. The van der Waals surface area contributed by atoms with E-state index in [0.29, 0.717) is 42.4 Å². The van der Waals surface area contributed by atoms with Gasteiger partial charge in [-0.2, -0.15) is 0 Å². The van der Waals surface area contributed by atoms with E-state index in [1.54, 1.807) is 23.1 Å². The number of hydrogen-bond acceptors (Lipinski definition) is 5. The number of halogens is 1. The lowest BCUT2D eigenvalue weighted by atomic mass is 9.94. The molecule has 7 nitrogen and oxygen atoms in total. The molecule has 1 atom stereocenters. The number of likely N-dealkylation sites (tertiary alicyclic amines) is 1. The van der Waals surface area contributed by atoms with Gasteiger partial charge in [-0.3, -0.25) is 14.4 Å². The largest absolute Gasteiger partial charge is 0.469 e. The molecule has 1 fully saturated rings. The number of hydrogen-bond donors (Lipinski definition) is 1. The molecular weight excluding hydrogens is 348 g/mol. The average Bonchev–Trinajstić information content (AvgIpc) is 2.62. The first-order valence-corrected chi connectivity index (χ1v) is 8.40. The maximum absolute atomic E-state index is 12.9. The van der Waals surface area contributed by atoms with Gasteiger partial charge in [0.25, 0.3) is 17.4 Å². The molecule has 0 aromatic heterocycles. The summed E-state index contributed by atoms with van der Waals surface area (Å²) in [6, 6.07) is 4.82. The van der Waals surface area contributed by atoms with Crippen molar-refractivity contribution in [3.05, 3.63) is 23.2 Å². The molecule has 1 unspecified atom stereocenters. The van der Waals surface area contributed by atoms with Crippen molar-refractivity contribution < 1.29 is 23.9 Å². The molecule has 1 aromatic carbocycles. The first kappa shape index (κ1) is 17.5. The fourth-order valence-corrected chi connectivity index (χ4v) is 3.30. The van der Waals surface area contributed by atoms with E-state index in [9.17, 15) is 14.4 Å². The van der Waals surface area contributed by atoms with Crippen LogP contribution in [-0.4, -0.2) is 48.5 Å². The summed E-state index contributed by atoms with van der Waals surface area (Å²) in [5.41, 5.74) is -1.22. The summed E-state index contributed by atoms with van der Waals surface area (Å²) in [4.78, 5) is 38.6. The molecule has 2 aliphatic rings. The number of rotatable bonds is 2. The molecule has 0 spiro atoms. The fourth-order valence-electron chi connectivity index (χ4n) is 3.12. The molecule has 134 valence electrons. The highest BCUT2D eigenvalue weighted by Crippen LogP contribution is 2.36. The van der Waals surface area contributed by atoms with Crippen molar-refractivity contribution in [3.63, 3.8) is 0 Å². The number of methoxy groups -OCH3 is 1. The summed E-state index contributed by atoms with van der Waals surface area (Å²) < 4.78 is 10.5. The number of carbonyl (C=O) groups is 3. The number of ether oxygens (including phenoxy) is 2. The Morgan fingerprint density at radius 3 is 2.68 bits per heavy atom. The smallest absolute Gasteiger partial charge is 0.308 e. The first-order valence-electron chi connectivity index (χ1n) is 8.02. The Hall–Kier alpha value is -2.28. The number of nitrogens with zero attached hydrogens (tertiary/aromatic N) is 1. The molecule has 2 heterocycles. The number of carbonyl (C=O) groups excluding carboxylic acids is 3. The van der Waals surface area contributed by atoms with Gasteiger partial charge in [0, 0.05) is 18.1 Å². The zero-order valence-corrected chi connectivity index (χ0v) is 14.8. The monoisotopic (exact) mass is 366 g/mol. The molecule has 0 saturated carbocycles. The molecule has 1 saturated heterocycles. The first-order chi connectivity index (χ1) is 11.8. The third-order valence-electron chi connectivity index (χ3n) is 4.66. The van der Waals surface area contributed by atoms with Crippen LogP contribution < -0.4 is 10.1 Å². The van der Waals surface area contributed by atoms with Crippen molar-refractivity contribution in [2.45, 2.75) is 25.4 Å². The molecule has 0 aliphatic carbocycles. The number of esters is 1. The van der Waals surface area contributed by atoms with E-state index in [1.165, 1.54) is 14.0 Å². The molecule has 25 heavy (non-hydrogen) atoms. The highest BCUT2D eigenvalue weighted by Gasteiger charge is 2.50. The van der Waals surface area contributed by atoms with E-state index in [4.69, 9.17) is 21.1 Å². The fraction of sp³-hybridized carbons (Fsp3) is 0.471. The van der Waals surface area contributed by atoms with Gasteiger partial charge in [0.15, 0.2) is 0 Å². The van der Waals surface area contributed by atoms with E-state index in [0.717, 1.165) is 0 Å². The van der Waals surface area contributed by atoms with Crippen molar-refractivity contribution in [3.8, 4) is 5.75 Å². The summed E-state index contributed by atoms with van der Waals surface area (Å²) in [7, 11) is 1.35. The van der Waals surface area contributed by atoms with Crippen LogP contribution >= 0.6 is 11.6 Å². The third-order valence-corrected chi connectivity index (χ3v) is 4.90. The van der Waals surface area contributed by atoms with Crippen LogP contribution in [0, 0.1) is 5.92 Å². The standard InChI is InChI=1S/C17H19ClN2O5/c1-17(15(22)19-12-9-11(18)3-4-13(12)25-17)16(23)20-7-5-10(6-8-20)14(21)24-2/h3-4,9-10H,5-8H2,1-2H3,(H,19,22). The Balaban J connectivity index is 1.75. The van der Waals surface area contributed by atoms with E-state index in [-0.39, 0.29) is 11.9 Å². The van der Waals surface area contributed by atoms with E-state index in [1.807, 2.05) is 0 Å². The lowest BCUT2D eigenvalue weighted by Crippen LogP contribution is -2.60. The van der Waals surface area contributed by atoms with Crippen molar-refractivity contribution in [2.24, 2.45) is 5.92 Å². The molecule has 8 heteroatoms. The molecule has 1 aromatic rings. The summed E-state index contributed by atoms with van der Waals surface area (Å²) in [5.74, 6) is -1.05. The lowest BCUT2D eigenvalue weighted by Gasteiger charge is -2.39. The lowest BCUT2D eigenvalue weighted by molar-refractivity contribution is -0.158. The van der Waals surface area contributed by atoms with Crippen molar-refractivity contribution in [1.29, 1.82) is 0 Å². The SMILES string of the molecule is COC(=O)C1CCN(C(=O)C2(C)Oc3ccc(Cl)cc3NC2=O)CC1. The van der Waals surface area contributed by atoms with Gasteiger partial charge in [0.1, 0.15) is 5.75 Å². The number of anilines is 1. The quantitative estimate of drug-likeness (QED) is 0.637. The van der Waals surface area contributed by atoms with Crippen LogP contribution in [0.2, 0.25) is 5.02 Å². The summed E-state index contributed by atoms with van der Waals surface area (Å²) in [6.07, 6.45) is 1.00. The van der Waals surface area contributed by atoms with Crippen LogP contribution in [0.4, 0.5) is 5.69 Å². The maximum Gasteiger partial charge on any atom is 0.308 e. The van der Waals surface area contributed by atoms with E-state index < -0.39 is 17.4 Å². The van der Waals surface area contributed by atoms with E-state index >= 15 is 0 Å². The van der Waals surface area contributed by atoms with Crippen LogP contribution in [0.5, 0.6) is 5.75 Å². The van der Waals surface area contributed by atoms with Gasteiger partial charge < -0.3 is 19.7 Å². The highest BCUT2D eigenvalue weighted by atomic mass is 35.5. The maximum atomic E-state index is 12.9. The molecule has 0 bridgehead atoms. The second kappa shape index (κ2) is 6.55. The Morgan fingerprint density at radius 2 is 2.04 bits per heavy atom. The van der Waals surface area contributed by atoms with Gasteiger partial charge in [0.2, 0.25) is 0 Å². The van der Waals surface area contributed by atoms with Gasteiger partial charge in [-0.25, -0.2) is 0 Å². The second-order valence-electron chi connectivity index (χ2n) is 6.32. The summed E-state index contributed by atoms with van der Waals surface area (Å²) in [5, 5.41) is 3.14. The molecule has 3 rings (SSSR count). The summed E-state index contributed by atoms with van der Waals surface area (Å²) in [6.45, 7) is 2.20. The van der Waals surface area contributed by atoms with E-state index in [2.05, 4.69) is 5.32 Å². The van der Waals surface area contributed by atoms with Crippen LogP contribution in [-0.2, 0) is 19.1 Å². The third kappa shape index (κ3) is 3.16. The second-order valence-corrected chi connectivity index (χ2v) is 6.76. The van der Waals surface area contributed by atoms with Gasteiger partial charge in [-0.15, -0.1) is 0 Å². The van der Waals surface area contributed by atoms with Crippen LogP contribution in [0.3, 0.4) is 0 Å². The predicted molar refractivity (Wildman–Crippen MR) is 90.4 cm³/mol. The van der Waals surface area contributed by atoms with Crippen molar-refractivity contribution in [2.75, 3.05) is 25.5 Å². The van der Waals surface area contributed by atoms with Gasteiger partial charge in [-0.1, -0.05) is 11.6 Å². The van der Waals surface area contributed by atoms with Crippen LogP contribution in [0.1, 0.15) is 19.8 Å². The Morgan fingerprint density at radius 1 is 1.36 bits per heavy atom. The Kier molecular flexibility index (Phi) is 4.60. The number of fused-ring (bicyclic) bond motifs is 1. The number of nitrogens with one attached hydrogen (secondary N) is 1. The Labute approximate surface area is 150 Å². The molecule has 2 aliphatic heterocycles. The number of amides is 2. The van der Waals surface area contributed by atoms with Gasteiger partial charge in [0.05, 0.1) is 18.7 Å². The predicted octanol–water partition coefficient (Wildman–Crippen LogP) is 1.84. The highest BCUT2D eigenvalue weighted by molar-refractivity contribution is 6.31. The minimum atomic E-state index is -1.65. The van der Waals surface area contributed by atoms with Crippen molar-refractivity contribution >= 4 is 35.1 Å². The van der Waals surface area contributed by atoms with Gasteiger partial charge >= 0.3 is 5.97 Å². The minimum Gasteiger partial charge on any atom is -0.469 e. The average molecular weight is 367 g/mol. The number of piperidine rings is 1. The topological polar surface area (TPSA) is 84.9 Å². The molecular formula is C17H19ClN2O5. The molecule has 0 radical (unpaired) electrons. The molecule has 2 amide bonds. The van der Waals surface area contributed by atoms with Gasteiger partial charge in [-0.05, 0) is 38.0 Å². The van der Waals surface area contributed by atoms with Crippen LogP contribution in [0.15, 0.2) is 18.2 Å². The molecule has 1 N–H and O–H groups in total.